The minimum absolute atomic E-state index is 0.0494. The molecule has 0 saturated heterocycles. The summed E-state index contributed by atoms with van der Waals surface area (Å²) in [7, 11) is -1.30. The highest BCUT2D eigenvalue weighted by atomic mass is 32.2. The van der Waals surface area contributed by atoms with Gasteiger partial charge < -0.3 is 10.1 Å². The van der Waals surface area contributed by atoms with E-state index in [1.165, 1.54) is 26.3 Å². The van der Waals surface area contributed by atoms with Crippen LogP contribution in [0.4, 0.5) is 14.5 Å². The molecule has 0 aromatic heterocycles. The monoisotopic (exact) mass is 446 g/mol. The predicted octanol–water partition coefficient (Wildman–Crippen LogP) is 4.05. The fraction of sp³-hybridized carbons (Fsp3) is 0.136. The van der Waals surface area contributed by atoms with Crippen LogP contribution in [0.15, 0.2) is 71.6 Å². The molecular weight excluding hydrogens is 426 g/mol. The van der Waals surface area contributed by atoms with E-state index in [2.05, 4.69) is 5.32 Å². The Balaban J connectivity index is 1.92. The van der Waals surface area contributed by atoms with E-state index in [-0.39, 0.29) is 28.4 Å². The van der Waals surface area contributed by atoms with Gasteiger partial charge in [-0.25, -0.2) is 17.2 Å². The van der Waals surface area contributed by atoms with Crippen molar-refractivity contribution < 1.29 is 26.7 Å². The van der Waals surface area contributed by atoms with E-state index in [0.717, 1.165) is 34.1 Å². The van der Waals surface area contributed by atoms with Crippen molar-refractivity contribution in [3.63, 3.8) is 0 Å². The molecule has 1 amide bonds. The van der Waals surface area contributed by atoms with Gasteiger partial charge in [-0.1, -0.05) is 30.3 Å². The molecule has 0 aliphatic carbocycles. The van der Waals surface area contributed by atoms with Crippen LogP contribution in [0.25, 0.3) is 0 Å². The minimum atomic E-state index is -4.03. The fourth-order valence-electron chi connectivity index (χ4n) is 2.90. The number of carbonyl (C=O) groups excluding carboxylic acids is 1. The van der Waals surface area contributed by atoms with Crippen LogP contribution >= 0.6 is 0 Å². The standard InChI is InChI=1S/C22H20F2N2O4S/c1-26(14-15-6-4-3-5-7-15)31(28,29)21-12-16(8-11-20(21)30-2)22(27)25-19-13-17(23)9-10-18(19)24/h3-13H,14H2,1-2H3,(H,25,27). The third-order valence-electron chi connectivity index (χ3n) is 4.54. The number of amides is 1. The Kier molecular flexibility index (Phi) is 6.67. The van der Waals surface area contributed by atoms with Crippen LogP contribution in [0.5, 0.6) is 5.75 Å². The number of sulfonamides is 1. The molecule has 3 aromatic carbocycles. The Morgan fingerprint density at radius 1 is 1.03 bits per heavy atom. The first kappa shape index (κ1) is 22.4. The number of methoxy groups -OCH3 is 1. The Morgan fingerprint density at radius 2 is 1.74 bits per heavy atom. The molecule has 9 heteroatoms. The molecule has 3 aromatic rings. The Morgan fingerprint density at radius 3 is 2.42 bits per heavy atom. The molecule has 162 valence electrons. The highest BCUT2D eigenvalue weighted by Gasteiger charge is 2.26. The fourth-order valence-corrected chi connectivity index (χ4v) is 4.24. The topological polar surface area (TPSA) is 75.7 Å². The summed E-state index contributed by atoms with van der Waals surface area (Å²) in [5.74, 6) is -2.29. The van der Waals surface area contributed by atoms with Gasteiger partial charge in [0.15, 0.2) is 0 Å². The second kappa shape index (κ2) is 9.23. The van der Waals surface area contributed by atoms with Gasteiger partial charge in [0.05, 0.1) is 12.8 Å². The molecule has 0 fully saturated rings. The highest BCUT2D eigenvalue weighted by Crippen LogP contribution is 2.29. The lowest BCUT2D eigenvalue weighted by Gasteiger charge is -2.19. The number of benzene rings is 3. The number of hydrogen-bond donors (Lipinski definition) is 1. The van der Waals surface area contributed by atoms with E-state index >= 15 is 0 Å². The number of carbonyl (C=O) groups is 1. The average Bonchev–Trinajstić information content (AvgIpc) is 2.76. The van der Waals surface area contributed by atoms with Crippen molar-refractivity contribution in [3.8, 4) is 5.75 Å². The molecule has 0 saturated carbocycles. The number of nitrogens with zero attached hydrogens (tertiary/aromatic N) is 1. The van der Waals surface area contributed by atoms with Crippen LogP contribution in [0.3, 0.4) is 0 Å². The number of anilines is 1. The van der Waals surface area contributed by atoms with Gasteiger partial charge in [0.1, 0.15) is 22.3 Å². The summed E-state index contributed by atoms with van der Waals surface area (Å²) in [6.45, 7) is 0.108. The number of nitrogens with one attached hydrogen (secondary N) is 1. The summed E-state index contributed by atoms with van der Waals surface area (Å²) in [6.07, 6.45) is 0. The molecule has 31 heavy (non-hydrogen) atoms. The largest absolute Gasteiger partial charge is 0.495 e. The Labute approximate surface area is 179 Å². The molecule has 0 radical (unpaired) electrons. The van der Waals surface area contributed by atoms with Crippen molar-refractivity contribution in [2.75, 3.05) is 19.5 Å². The van der Waals surface area contributed by atoms with Gasteiger partial charge in [-0.3, -0.25) is 4.79 Å². The molecule has 3 rings (SSSR count). The summed E-state index contributed by atoms with van der Waals surface area (Å²) < 4.78 is 59.8. The van der Waals surface area contributed by atoms with E-state index in [0.29, 0.717) is 0 Å². The SMILES string of the molecule is COc1ccc(C(=O)Nc2cc(F)ccc2F)cc1S(=O)(=O)N(C)Cc1ccccc1. The smallest absolute Gasteiger partial charge is 0.255 e. The zero-order valence-electron chi connectivity index (χ0n) is 16.8. The number of rotatable bonds is 7. The van der Waals surface area contributed by atoms with Gasteiger partial charge >= 0.3 is 0 Å². The first-order valence-electron chi connectivity index (χ1n) is 9.17. The van der Waals surface area contributed by atoms with E-state index in [4.69, 9.17) is 4.74 Å². The van der Waals surface area contributed by atoms with Crippen molar-refractivity contribution >= 4 is 21.6 Å². The lowest BCUT2D eigenvalue weighted by atomic mass is 10.2. The van der Waals surface area contributed by atoms with Crippen LogP contribution in [0.1, 0.15) is 15.9 Å². The van der Waals surface area contributed by atoms with E-state index in [1.807, 2.05) is 6.07 Å². The molecule has 0 spiro atoms. The van der Waals surface area contributed by atoms with Gasteiger partial charge in [-0.2, -0.15) is 4.31 Å². The minimum Gasteiger partial charge on any atom is -0.495 e. The molecular formula is C22H20F2N2O4S. The van der Waals surface area contributed by atoms with E-state index < -0.39 is 27.6 Å². The average molecular weight is 446 g/mol. The maximum atomic E-state index is 13.8. The van der Waals surface area contributed by atoms with Crippen molar-refractivity contribution in [3.05, 3.63) is 89.5 Å². The summed E-state index contributed by atoms with van der Waals surface area (Å²) in [5.41, 5.74) is 0.366. The van der Waals surface area contributed by atoms with E-state index in [9.17, 15) is 22.0 Å². The first-order valence-corrected chi connectivity index (χ1v) is 10.6. The van der Waals surface area contributed by atoms with Crippen molar-refractivity contribution in [1.82, 2.24) is 4.31 Å². The third-order valence-corrected chi connectivity index (χ3v) is 6.36. The summed E-state index contributed by atoms with van der Waals surface area (Å²) >= 11 is 0. The van der Waals surface area contributed by atoms with Crippen molar-refractivity contribution in [2.45, 2.75) is 11.4 Å². The van der Waals surface area contributed by atoms with E-state index in [1.54, 1.807) is 24.3 Å². The summed E-state index contributed by atoms with van der Waals surface area (Å²) in [4.78, 5) is 12.3. The molecule has 0 bridgehead atoms. The van der Waals surface area contributed by atoms with Crippen LogP contribution in [0.2, 0.25) is 0 Å². The molecule has 0 aliphatic heterocycles. The van der Waals surface area contributed by atoms with Crippen LogP contribution in [0, 0.1) is 11.6 Å². The normalized spacial score (nSPS) is 11.4. The summed E-state index contributed by atoms with van der Waals surface area (Å²) in [6, 6.07) is 15.5. The van der Waals surface area contributed by atoms with Crippen molar-refractivity contribution in [2.24, 2.45) is 0 Å². The quantitative estimate of drug-likeness (QED) is 0.594. The second-order valence-electron chi connectivity index (χ2n) is 6.69. The van der Waals surface area contributed by atoms with Gasteiger partial charge in [-0.15, -0.1) is 0 Å². The summed E-state index contributed by atoms with van der Waals surface area (Å²) in [5, 5.41) is 2.25. The molecule has 0 atom stereocenters. The van der Waals surface area contributed by atoms with Crippen molar-refractivity contribution in [1.29, 1.82) is 0 Å². The maximum absolute atomic E-state index is 13.8. The lowest BCUT2D eigenvalue weighted by Crippen LogP contribution is -2.27. The molecule has 6 nitrogen and oxygen atoms in total. The number of ether oxygens (including phenoxy) is 1. The highest BCUT2D eigenvalue weighted by molar-refractivity contribution is 7.89. The molecule has 0 heterocycles. The number of halogens is 2. The molecule has 0 aliphatic rings. The Hall–Kier alpha value is -3.30. The maximum Gasteiger partial charge on any atom is 0.255 e. The van der Waals surface area contributed by atoms with Crippen LogP contribution < -0.4 is 10.1 Å². The lowest BCUT2D eigenvalue weighted by molar-refractivity contribution is 0.102. The predicted molar refractivity (Wildman–Crippen MR) is 112 cm³/mol. The van der Waals surface area contributed by atoms with Gasteiger partial charge in [0, 0.05) is 25.2 Å². The van der Waals surface area contributed by atoms with Gasteiger partial charge in [-0.05, 0) is 35.9 Å². The van der Waals surface area contributed by atoms with Crippen LogP contribution in [-0.2, 0) is 16.6 Å². The first-order chi connectivity index (χ1) is 14.7. The molecule has 0 unspecified atom stereocenters. The second-order valence-corrected chi connectivity index (χ2v) is 8.70. The molecule has 1 N–H and O–H groups in total. The zero-order valence-corrected chi connectivity index (χ0v) is 17.6. The van der Waals surface area contributed by atoms with Crippen LogP contribution in [-0.4, -0.2) is 32.8 Å². The zero-order chi connectivity index (χ0) is 22.6. The van der Waals surface area contributed by atoms with Gasteiger partial charge in [0.2, 0.25) is 10.0 Å². The third kappa shape index (κ3) is 5.07. The Bertz CT molecular complexity index is 1200. The number of hydrogen-bond acceptors (Lipinski definition) is 4. The van der Waals surface area contributed by atoms with Gasteiger partial charge in [0.25, 0.3) is 5.91 Å².